The summed E-state index contributed by atoms with van der Waals surface area (Å²) < 4.78 is 0. The SMILES string of the molecule is CCC1CCCCC1N1C(=O)C(C)NC1c1ccsc1. The molecule has 0 spiro atoms. The highest BCUT2D eigenvalue weighted by molar-refractivity contribution is 7.07. The molecule has 3 nitrogen and oxygen atoms in total. The topological polar surface area (TPSA) is 32.3 Å². The third kappa shape index (κ3) is 2.40. The van der Waals surface area contributed by atoms with Gasteiger partial charge in [-0.05, 0) is 48.1 Å². The Balaban J connectivity index is 1.89. The summed E-state index contributed by atoms with van der Waals surface area (Å²) in [4.78, 5) is 14.8. The number of hydrogen-bond donors (Lipinski definition) is 1. The van der Waals surface area contributed by atoms with E-state index in [2.05, 4.69) is 34.0 Å². The van der Waals surface area contributed by atoms with Crippen LogP contribution < -0.4 is 5.32 Å². The molecule has 1 saturated heterocycles. The fraction of sp³-hybridized carbons (Fsp3) is 0.688. The van der Waals surface area contributed by atoms with Crippen LogP contribution in [-0.2, 0) is 4.79 Å². The maximum atomic E-state index is 12.6. The number of carbonyl (C=O) groups is 1. The van der Waals surface area contributed by atoms with Crippen LogP contribution in [0.4, 0.5) is 0 Å². The first-order chi connectivity index (χ1) is 9.72. The molecule has 1 N–H and O–H groups in total. The van der Waals surface area contributed by atoms with Crippen molar-refractivity contribution in [1.29, 1.82) is 0 Å². The molecule has 4 unspecified atom stereocenters. The molecule has 3 rings (SSSR count). The lowest BCUT2D eigenvalue weighted by molar-refractivity contribution is -0.134. The minimum atomic E-state index is -0.0562. The zero-order valence-electron chi connectivity index (χ0n) is 12.3. The summed E-state index contributed by atoms with van der Waals surface area (Å²) in [5.41, 5.74) is 1.24. The highest BCUT2D eigenvalue weighted by atomic mass is 32.1. The smallest absolute Gasteiger partial charge is 0.241 e. The molecule has 1 aromatic rings. The summed E-state index contributed by atoms with van der Waals surface area (Å²) in [5, 5.41) is 7.75. The third-order valence-electron chi connectivity index (χ3n) is 4.92. The van der Waals surface area contributed by atoms with Gasteiger partial charge in [0.1, 0.15) is 6.17 Å². The molecule has 20 heavy (non-hydrogen) atoms. The van der Waals surface area contributed by atoms with Crippen molar-refractivity contribution in [3.05, 3.63) is 22.4 Å². The first-order valence-electron chi connectivity index (χ1n) is 7.82. The van der Waals surface area contributed by atoms with Crippen molar-refractivity contribution in [1.82, 2.24) is 10.2 Å². The molecule has 2 fully saturated rings. The van der Waals surface area contributed by atoms with Crippen molar-refractivity contribution in [3.8, 4) is 0 Å². The average Bonchev–Trinajstić information content (AvgIpc) is 3.08. The molecule has 0 aromatic carbocycles. The summed E-state index contributed by atoms with van der Waals surface area (Å²) in [6, 6.07) is 2.51. The lowest BCUT2D eigenvalue weighted by Crippen LogP contribution is -2.45. The lowest BCUT2D eigenvalue weighted by atomic mass is 9.81. The Kier molecular flexibility index (Phi) is 4.13. The van der Waals surface area contributed by atoms with E-state index in [-0.39, 0.29) is 18.1 Å². The Morgan fingerprint density at radius 1 is 1.40 bits per heavy atom. The molecule has 4 heteroatoms. The molecule has 1 aromatic heterocycles. The minimum absolute atomic E-state index is 0.0562. The van der Waals surface area contributed by atoms with Crippen LogP contribution in [0.1, 0.15) is 57.7 Å². The van der Waals surface area contributed by atoms with Crippen molar-refractivity contribution in [2.45, 2.75) is 64.2 Å². The third-order valence-corrected chi connectivity index (χ3v) is 5.62. The number of carbonyl (C=O) groups excluding carboxylic acids is 1. The summed E-state index contributed by atoms with van der Waals surface area (Å²) in [5.74, 6) is 0.951. The Morgan fingerprint density at radius 3 is 2.90 bits per heavy atom. The van der Waals surface area contributed by atoms with E-state index in [9.17, 15) is 4.79 Å². The van der Waals surface area contributed by atoms with E-state index >= 15 is 0 Å². The number of thiophene rings is 1. The lowest BCUT2D eigenvalue weighted by Gasteiger charge is -2.40. The zero-order chi connectivity index (χ0) is 14.1. The predicted octanol–water partition coefficient (Wildman–Crippen LogP) is 3.54. The zero-order valence-corrected chi connectivity index (χ0v) is 13.2. The maximum absolute atomic E-state index is 12.6. The second-order valence-corrected chi connectivity index (χ2v) is 6.89. The Labute approximate surface area is 125 Å². The van der Waals surface area contributed by atoms with Crippen LogP contribution in [-0.4, -0.2) is 22.9 Å². The van der Waals surface area contributed by atoms with Gasteiger partial charge in [-0.15, -0.1) is 0 Å². The number of amides is 1. The van der Waals surface area contributed by atoms with Gasteiger partial charge in [-0.2, -0.15) is 11.3 Å². The van der Waals surface area contributed by atoms with Crippen molar-refractivity contribution in [2.75, 3.05) is 0 Å². The molecule has 1 aliphatic heterocycles. The second kappa shape index (κ2) is 5.86. The van der Waals surface area contributed by atoms with Gasteiger partial charge in [-0.25, -0.2) is 0 Å². The van der Waals surface area contributed by atoms with Crippen molar-refractivity contribution < 1.29 is 4.79 Å². The van der Waals surface area contributed by atoms with E-state index in [4.69, 9.17) is 0 Å². The van der Waals surface area contributed by atoms with E-state index in [1.807, 2.05) is 6.92 Å². The van der Waals surface area contributed by atoms with E-state index in [0.717, 1.165) is 0 Å². The Morgan fingerprint density at radius 2 is 2.20 bits per heavy atom. The predicted molar refractivity (Wildman–Crippen MR) is 82.5 cm³/mol. The van der Waals surface area contributed by atoms with Gasteiger partial charge >= 0.3 is 0 Å². The highest BCUT2D eigenvalue weighted by Gasteiger charge is 2.43. The Bertz CT molecular complexity index is 459. The van der Waals surface area contributed by atoms with Gasteiger partial charge in [-0.1, -0.05) is 26.2 Å². The van der Waals surface area contributed by atoms with E-state index in [1.54, 1.807) is 11.3 Å². The first kappa shape index (κ1) is 14.1. The van der Waals surface area contributed by atoms with E-state index in [0.29, 0.717) is 12.0 Å². The molecule has 2 heterocycles. The molecule has 110 valence electrons. The molecular weight excluding hydrogens is 268 g/mol. The van der Waals surface area contributed by atoms with Crippen molar-refractivity contribution in [2.24, 2.45) is 5.92 Å². The largest absolute Gasteiger partial charge is 0.318 e. The standard InChI is InChI=1S/C16H24N2OS/c1-3-12-6-4-5-7-14(12)18-15(13-8-9-20-10-13)17-11(2)16(18)19/h8-12,14-15,17H,3-7H2,1-2H3. The van der Waals surface area contributed by atoms with Gasteiger partial charge in [0, 0.05) is 6.04 Å². The number of nitrogens with one attached hydrogen (secondary N) is 1. The minimum Gasteiger partial charge on any atom is -0.318 e. The molecular formula is C16H24N2OS. The van der Waals surface area contributed by atoms with Gasteiger partial charge < -0.3 is 4.90 Å². The number of hydrogen-bond acceptors (Lipinski definition) is 3. The van der Waals surface area contributed by atoms with Crippen molar-refractivity contribution in [3.63, 3.8) is 0 Å². The quantitative estimate of drug-likeness (QED) is 0.924. The van der Waals surface area contributed by atoms with E-state index < -0.39 is 0 Å². The van der Waals surface area contributed by atoms with Crippen molar-refractivity contribution >= 4 is 17.2 Å². The molecule has 0 radical (unpaired) electrons. The maximum Gasteiger partial charge on any atom is 0.241 e. The summed E-state index contributed by atoms with van der Waals surface area (Å²) in [6.45, 7) is 4.26. The number of rotatable bonds is 3. The van der Waals surface area contributed by atoms with Crippen LogP contribution in [0.25, 0.3) is 0 Å². The monoisotopic (exact) mass is 292 g/mol. The number of nitrogens with zero attached hydrogens (tertiary/aromatic N) is 1. The van der Waals surface area contributed by atoms with E-state index in [1.165, 1.54) is 37.7 Å². The fourth-order valence-electron chi connectivity index (χ4n) is 3.81. The van der Waals surface area contributed by atoms with Crippen LogP contribution in [0.5, 0.6) is 0 Å². The fourth-order valence-corrected chi connectivity index (χ4v) is 4.49. The second-order valence-electron chi connectivity index (χ2n) is 6.11. The van der Waals surface area contributed by atoms with Gasteiger partial charge in [0.05, 0.1) is 6.04 Å². The highest BCUT2D eigenvalue weighted by Crippen LogP contribution is 2.37. The van der Waals surface area contributed by atoms with Gasteiger partial charge in [0.15, 0.2) is 0 Å². The molecule has 1 amide bonds. The average molecular weight is 292 g/mol. The molecule has 0 bridgehead atoms. The summed E-state index contributed by atoms with van der Waals surface area (Å²) in [6.07, 6.45) is 6.29. The first-order valence-corrected chi connectivity index (χ1v) is 8.77. The van der Waals surface area contributed by atoms with Crippen LogP contribution >= 0.6 is 11.3 Å². The van der Waals surface area contributed by atoms with Gasteiger partial charge in [-0.3, -0.25) is 10.1 Å². The summed E-state index contributed by atoms with van der Waals surface area (Å²) in [7, 11) is 0. The summed E-state index contributed by atoms with van der Waals surface area (Å²) >= 11 is 1.71. The molecule has 2 aliphatic rings. The van der Waals surface area contributed by atoms with Crippen LogP contribution in [0.3, 0.4) is 0 Å². The van der Waals surface area contributed by atoms with Crippen LogP contribution in [0.2, 0.25) is 0 Å². The van der Waals surface area contributed by atoms with Gasteiger partial charge in [0.25, 0.3) is 0 Å². The molecule has 1 aliphatic carbocycles. The Hall–Kier alpha value is -0.870. The molecule has 1 saturated carbocycles. The van der Waals surface area contributed by atoms with Gasteiger partial charge in [0.2, 0.25) is 5.91 Å². The van der Waals surface area contributed by atoms with Crippen LogP contribution in [0.15, 0.2) is 16.8 Å². The normalized spacial score (nSPS) is 34.7. The molecule has 4 atom stereocenters. The van der Waals surface area contributed by atoms with Crippen LogP contribution in [0, 0.1) is 5.92 Å².